The highest BCUT2D eigenvalue weighted by Crippen LogP contribution is 2.67. The van der Waals surface area contributed by atoms with E-state index in [-0.39, 0.29) is 0 Å². The Balaban J connectivity index is 1.66. The van der Waals surface area contributed by atoms with Gasteiger partial charge in [0.05, 0.1) is 0 Å². The van der Waals surface area contributed by atoms with Crippen molar-refractivity contribution in [3.63, 3.8) is 0 Å². The Morgan fingerprint density at radius 3 is 2.55 bits per heavy atom. The highest BCUT2D eigenvalue weighted by Gasteiger charge is 2.59. The molecule has 0 aromatic rings. The molecule has 0 amide bonds. The third-order valence-corrected chi connectivity index (χ3v) is 9.82. The van der Waals surface area contributed by atoms with Crippen molar-refractivity contribution in [2.45, 2.75) is 77.0 Å². The Morgan fingerprint density at radius 2 is 1.77 bits per heavy atom. The number of allylic oxidation sites excluding steroid dienone is 2. The van der Waals surface area contributed by atoms with E-state index in [9.17, 15) is 0 Å². The maximum Gasteiger partial charge on any atom is 0.0216 e. The standard InChI is InChI=1S/C21H33Br/c1-4-14-7-9-16-15-8-10-18-19(22)6-5-12-21(18,3)17(15)11-13-20(14,16)2/h5,12,14-19H,4,6-11,13H2,1-3H3/t14-,15-,16-,17-,18?,19?,20+,21+/m0/s1. The Morgan fingerprint density at radius 1 is 1.00 bits per heavy atom. The van der Waals surface area contributed by atoms with Crippen molar-refractivity contribution in [1.82, 2.24) is 0 Å². The van der Waals surface area contributed by atoms with E-state index in [0.29, 0.717) is 10.8 Å². The van der Waals surface area contributed by atoms with Gasteiger partial charge in [-0.1, -0.05) is 55.3 Å². The second-order valence-corrected chi connectivity index (χ2v) is 10.5. The van der Waals surface area contributed by atoms with Gasteiger partial charge in [-0.05, 0) is 85.4 Å². The fourth-order valence-electron chi connectivity index (χ4n) is 7.63. The molecule has 1 heteroatoms. The fourth-order valence-corrected chi connectivity index (χ4v) is 8.68. The first kappa shape index (κ1) is 15.7. The van der Waals surface area contributed by atoms with Crippen LogP contribution in [0.2, 0.25) is 0 Å². The van der Waals surface area contributed by atoms with E-state index in [2.05, 4.69) is 48.9 Å². The van der Waals surface area contributed by atoms with Crippen molar-refractivity contribution in [2.24, 2.45) is 40.4 Å². The van der Waals surface area contributed by atoms with E-state index in [1.807, 2.05) is 0 Å². The zero-order valence-corrected chi connectivity index (χ0v) is 16.2. The lowest BCUT2D eigenvalue weighted by atomic mass is 9.46. The number of fused-ring (bicyclic) bond motifs is 5. The molecule has 0 nitrogen and oxygen atoms in total. The lowest BCUT2D eigenvalue weighted by Gasteiger charge is -2.60. The van der Waals surface area contributed by atoms with E-state index < -0.39 is 0 Å². The largest absolute Gasteiger partial charge is 0.0884 e. The molecule has 8 atom stereocenters. The highest BCUT2D eigenvalue weighted by atomic mass is 79.9. The van der Waals surface area contributed by atoms with E-state index in [1.54, 1.807) is 0 Å². The zero-order valence-electron chi connectivity index (χ0n) is 14.7. The minimum Gasteiger partial charge on any atom is -0.0884 e. The lowest BCUT2D eigenvalue weighted by Crippen LogP contribution is -2.53. The first-order valence-corrected chi connectivity index (χ1v) is 10.7. The van der Waals surface area contributed by atoms with Crippen LogP contribution in [-0.4, -0.2) is 4.83 Å². The maximum absolute atomic E-state index is 4.02. The lowest BCUT2D eigenvalue weighted by molar-refractivity contribution is -0.0774. The maximum atomic E-state index is 4.02. The normalized spacial score (nSPS) is 57.1. The Hall–Kier alpha value is 0.220. The predicted octanol–water partition coefficient (Wildman–Crippen LogP) is 6.59. The smallest absolute Gasteiger partial charge is 0.0216 e. The summed E-state index contributed by atoms with van der Waals surface area (Å²) < 4.78 is 0. The first-order chi connectivity index (χ1) is 10.5. The summed E-state index contributed by atoms with van der Waals surface area (Å²) in [5.74, 6) is 4.88. The first-order valence-electron chi connectivity index (χ1n) is 9.82. The molecule has 4 aliphatic rings. The highest BCUT2D eigenvalue weighted by molar-refractivity contribution is 9.09. The number of rotatable bonds is 1. The molecular weight excluding hydrogens is 332 g/mol. The summed E-state index contributed by atoms with van der Waals surface area (Å²) in [6.07, 6.45) is 16.8. The number of hydrogen-bond donors (Lipinski definition) is 0. The summed E-state index contributed by atoms with van der Waals surface area (Å²) in [4.78, 5) is 0.726. The van der Waals surface area contributed by atoms with Gasteiger partial charge in [-0.3, -0.25) is 0 Å². The predicted molar refractivity (Wildman–Crippen MR) is 98.1 cm³/mol. The van der Waals surface area contributed by atoms with Crippen LogP contribution in [-0.2, 0) is 0 Å². The molecule has 2 unspecified atom stereocenters. The Kier molecular flexibility index (Phi) is 3.83. The van der Waals surface area contributed by atoms with Crippen molar-refractivity contribution in [3.8, 4) is 0 Å². The molecule has 0 aromatic heterocycles. The van der Waals surface area contributed by atoms with E-state index in [0.717, 1.165) is 34.4 Å². The van der Waals surface area contributed by atoms with Gasteiger partial charge in [-0.15, -0.1) is 0 Å². The quantitative estimate of drug-likeness (QED) is 0.363. The summed E-state index contributed by atoms with van der Waals surface area (Å²) >= 11 is 4.02. The molecule has 0 N–H and O–H groups in total. The molecule has 0 radical (unpaired) electrons. The molecule has 0 bridgehead atoms. The van der Waals surface area contributed by atoms with Crippen molar-refractivity contribution in [2.75, 3.05) is 0 Å². The van der Waals surface area contributed by atoms with Gasteiger partial charge >= 0.3 is 0 Å². The van der Waals surface area contributed by atoms with Crippen LogP contribution in [0.4, 0.5) is 0 Å². The summed E-state index contributed by atoms with van der Waals surface area (Å²) in [6, 6.07) is 0. The van der Waals surface area contributed by atoms with Crippen LogP contribution in [0, 0.1) is 40.4 Å². The van der Waals surface area contributed by atoms with Crippen LogP contribution in [0.1, 0.15) is 72.1 Å². The minimum absolute atomic E-state index is 0.473. The summed E-state index contributed by atoms with van der Waals surface area (Å²) in [7, 11) is 0. The fraction of sp³-hybridized carbons (Fsp3) is 0.905. The molecule has 4 rings (SSSR count). The van der Waals surface area contributed by atoms with Crippen molar-refractivity contribution >= 4 is 15.9 Å². The van der Waals surface area contributed by atoms with E-state index in [4.69, 9.17) is 0 Å². The molecule has 22 heavy (non-hydrogen) atoms. The molecule has 0 saturated heterocycles. The molecule has 3 saturated carbocycles. The van der Waals surface area contributed by atoms with Gasteiger partial charge in [-0.2, -0.15) is 0 Å². The second kappa shape index (κ2) is 5.36. The molecule has 0 aromatic carbocycles. The van der Waals surface area contributed by atoms with Gasteiger partial charge in [0.2, 0.25) is 0 Å². The summed E-state index contributed by atoms with van der Waals surface area (Å²) in [5, 5.41) is 0. The van der Waals surface area contributed by atoms with Gasteiger partial charge in [0.25, 0.3) is 0 Å². The second-order valence-electron chi connectivity index (χ2n) is 9.31. The van der Waals surface area contributed by atoms with Gasteiger partial charge in [0.1, 0.15) is 0 Å². The molecule has 3 fully saturated rings. The number of halogens is 1. The summed E-state index contributed by atoms with van der Waals surface area (Å²) in [6.45, 7) is 7.70. The van der Waals surface area contributed by atoms with Crippen LogP contribution in [0.3, 0.4) is 0 Å². The average Bonchev–Trinajstić information content (AvgIpc) is 2.83. The van der Waals surface area contributed by atoms with E-state index in [1.165, 1.54) is 51.4 Å². The van der Waals surface area contributed by atoms with Crippen LogP contribution in [0.5, 0.6) is 0 Å². The minimum atomic E-state index is 0.473. The van der Waals surface area contributed by atoms with Gasteiger partial charge < -0.3 is 0 Å². The van der Waals surface area contributed by atoms with Crippen LogP contribution >= 0.6 is 15.9 Å². The zero-order chi connectivity index (χ0) is 15.5. The van der Waals surface area contributed by atoms with Crippen molar-refractivity contribution in [3.05, 3.63) is 12.2 Å². The molecule has 4 aliphatic carbocycles. The monoisotopic (exact) mass is 364 g/mol. The third-order valence-electron chi connectivity index (χ3n) is 8.81. The average molecular weight is 365 g/mol. The topological polar surface area (TPSA) is 0 Å². The summed E-state index contributed by atoms with van der Waals surface area (Å²) in [5.41, 5.74) is 1.15. The molecule has 0 heterocycles. The van der Waals surface area contributed by atoms with Crippen molar-refractivity contribution < 1.29 is 0 Å². The van der Waals surface area contributed by atoms with Gasteiger partial charge in [-0.25, -0.2) is 0 Å². The van der Waals surface area contributed by atoms with Gasteiger partial charge in [0.15, 0.2) is 0 Å². The van der Waals surface area contributed by atoms with Crippen LogP contribution < -0.4 is 0 Å². The number of alkyl halides is 1. The van der Waals surface area contributed by atoms with Gasteiger partial charge in [0, 0.05) is 4.83 Å². The molecule has 0 aliphatic heterocycles. The van der Waals surface area contributed by atoms with Crippen LogP contribution in [0.15, 0.2) is 12.2 Å². The molecule has 0 spiro atoms. The van der Waals surface area contributed by atoms with Crippen molar-refractivity contribution in [1.29, 1.82) is 0 Å². The Labute approximate surface area is 145 Å². The molecule has 124 valence electrons. The Bertz CT molecular complexity index is 469. The SMILES string of the molecule is CC[C@H]1CC[C@H]2[C@@H]3CCC4C(Br)CC=C[C@]4(C)[C@H]3CC[C@]12C. The number of hydrogen-bond acceptors (Lipinski definition) is 0. The van der Waals surface area contributed by atoms with E-state index >= 15 is 0 Å². The third kappa shape index (κ3) is 1.99. The molecular formula is C21H33Br. The van der Waals surface area contributed by atoms with Crippen LogP contribution in [0.25, 0.3) is 0 Å².